The van der Waals surface area contributed by atoms with Gasteiger partial charge < -0.3 is 15.0 Å². The third-order valence-electron chi connectivity index (χ3n) is 6.95. The molecule has 1 aliphatic carbocycles. The van der Waals surface area contributed by atoms with E-state index >= 15 is 8.78 Å². The van der Waals surface area contributed by atoms with Crippen molar-refractivity contribution in [3.63, 3.8) is 0 Å². The first-order chi connectivity index (χ1) is 18.3. The summed E-state index contributed by atoms with van der Waals surface area (Å²) >= 11 is 0. The average Bonchev–Trinajstić information content (AvgIpc) is 3.29. The lowest BCUT2D eigenvalue weighted by atomic mass is 9.89. The first-order valence-electron chi connectivity index (χ1n) is 12.0. The number of benzene rings is 2. The predicted octanol–water partition coefficient (Wildman–Crippen LogP) is 2.92. The van der Waals surface area contributed by atoms with Crippen molar-refractivity contribution in [3.05, 3.63) is 88.2 Å². The van der Waals surface area contributed by atoms with Crippen molar-refractivity contribution in [1.29, 1.82) is 0 Å². The quantitative estimate of drug-likeness (QED) is 0.371. The lowest BCUT2D eigenvalue weighted by molar-refractivity contribution is 0.0448. The van der Waals surface area contributed by atoms with E-state index in [2.05, 4.69) is 20.4 Å². The van der Waals surface area contributed by atoms with E-state index in [1.54, 1.807) is 30.1 Å². The second-order valence-corrected chi connectivity index (χ2v) is 9.41. The van der Waals surface area contributed by atoms with Crippen molar-refractivity contribution in [2.75, 3.05) is 0 Å². The van der Waals surface area contributed by atoms with E-state index in [1.807, 2.05) is 6.07 Å². The molecule has 0 bridgehead atoms. The number of rotatable bonds is 5. The lowest BCUT2D eigenvalue weighted by Crippen LogP contribution is -2.50. The molecule has 38 heavy (non-hydrogen) atoms. The van der Waals surface area contributed by atoms with Crippen molar-refractivity contribution in [2.45, 2.75) is 31.5 Å². The highest BCUT2D eigenvalue weighted by molar-refractivity contribution is 6.04. The average molecular weight is 517 g/mol. The lowest BCUT2D eigenvalue weighted by Gasteiger charge is -2.32. The fourth-order valence-corrected chi connectivity index (χ4v) is 4.78. The number of amides is 1. The highest BCUT2D eigenvalue weighted by Gasteiger charge is 2.31. The van der Waals surface area contributed by atoms with E-state index in [0.717, 1.165) is 9.95 Å². The SMILES string of the molecule is Cn1cc2c(-c3cc(F)c(Cn4cc(C(=O)N[C@H]5CC[C@@H]5O)c5nccnc5c4=O)c(F)c3)cccc2n1. The van der Waals surface area contributed by atoms with E-state index in [1.165, 1.54) is 30.7 Å². The summed E-state index contributed by atoms with van der Waals surface area (Å²) < 4.78 is 33.4. The van der Waals surface area contributed by atoms with Crippen LogP contribution in [0.1, 0.15) is 28.8 Å². The van der Waals surface area contributed by atoms with Gasteiger partial charge in [-0.3, -0.25) is 19.3 Å². The molecule has 3 aromatic heterocycles. The maximum absolute atomic E-state index is 15.3. The Bertz CT molecular complexity index is 1770. The normalized spacial score (nSPS) is 17.1. The fraction of sp³-hybridized carbons (Fsp3) is 0.222. The summed E-state index contributed by atoms with van der Waals surface area (Å²) in [6.45, 7) is -0.466. The summed E-state index contributed by atoms with van der Waals surface area (Å²) in [5.41, 5.74) is 0.658. The molecule has 1 amide bonds. The van der Waals surface area contributed by atoms with Gasteiger partial charge in [0.05, 0.1) is 29.8 Å². The number of hydrogen-bond donors (Lipinski definition) is 2. The van der Waals surface area contributed by atoms with Crippen LogP contribution in [0.3, 0.4) is 0 Å². The summed E-state index contributed by atoms with van der Waals surface area (Å²) in [5, 5.41) is 17.7. The molecule has 0 radical (unpaired) electrons. The summed E-state index contributed by atoms with van der Waals surface area (Å²) in [6, 6.07) is 7.36. The number of aliphatic hydroxyl groups is 1. The standard InChI is InChI=1S/C27H22F2N6O3/c1-34-11-16-15(3-2-4-21(16)33-34)14-9-19(28)17(20(29)10-14)12-35-13-18(26(37)32-22-5-6-23(22)36)24-25(27(35)38)31-8-7-30-24/h2-4,7-11,13,22-23,36H,5-6,12H2,1H3,(H,32,37)/t22-,23-/m0/s1. The molecular formula is C27H22F2N6O3. The number of pyridine rings is 1. The van der Waals surface area contributed by atoms with Crippen molar-refractivity contribution >= 4 is 27.8 Å². The maximum Gasteiger partial charge on any atom is 0.279 e. The number of fused-ring (bicyclic) bond motifs is 2. The first kappa shape index (κ1) is 23.9. The van der Waals surface area contributed by atoms with Crippen molar-refractivity contribution in [1.82, 2.24) is 29.6 Å². The number of aromatic nitrogens is 5. The minimum Gasteiger partial charge on any atom is -0.391 e. The second-order valence-electron chi connectivity index (χ2n) is 9.41. The Kier molecular flexibility index (Phi) is 5.72. The number of nitrogens with one attached hydrogen (secondary N) is 1. The van der Waals surface area contributed by atoms with E-state index in [-0.39, 0.29) is 22.2 Å². The van der Waals surface area contributed by atoms with Crippen molar-refractivity contribution in [2.24, 2.45) is 7.05 Å². The van der Waals surface area contributed by atoms with E-state index in [4.69, 9.17) is 0 Å². The van der Waals surface area contributed by atoms with Gasteiger partial charge in [-0.15, -0.1) is 0 Å². The van der Waals surface area contributed by atoms with Gasteiger partial charge in [0.15, 0.2) is 5.52 Å². The molecule has 9 nitrogen and oxygen atoms in total. The molecule has 2 N–H and O–H groups in total. The van der Waals surface area contributed by atoms with Gasteiger partial charge in [0.2, 0.25) is 0 Å². The zero-order chi connectivity index (χ0) is 26.6. The van der Waals surface area contributed by atoms with Crippen LogP contribution in [-0.4, -0.2) is 47.5 Å². The number of aryl methyl sites for hydroxylation is 1. The van der Waals surface area contributed by atoms with Gasteiger partial charge in [0.1, 0.15) is 17.2 Å². The molecule has 2 atom stereocenters. The Labute approximate surface area is 214 Å². The molecule has 192 valence electrons. The number of halogens is 2. The molecule has 5 aromatic rings. The molecule has 2 aromatic carbocycles. The van der Waals surface area contributed by atoms with Crippen LogP contribution in [0.15, 0.2) is 59.9 Å². The molecule has 1 saturated carbocycles. The molecule has 11 heteroatoms. The van der Waals surface area contributed by atoms with Crippen LogP contribution >= 0.6 is 0 Å². The van der Waals surface area contributed by atoms with E-state index in [9.17, 15) is 14.7 Å². The van der Waals surface area contributed by atoms with Crippen LogP contribution in [0, 0.1) is 11.6 Å². The van der Waals surface area contributed by atoms with Gasteiger partial charge >= 0.3 is 0 Å². The number of nitrogens with zero attached hydrogens (tertiary/aromatic N) is 5. The first-order valence-corrected chi connectivity index (χ1v) is 12.0. The minimum absolute atomic E-state index is 0.0208. The summed E-state index contributed by atoms with van der Waals surface area (Å²) in [4.78, 5) is 34.3. The van der Waals surface area contributed by atoms with Crippen LogP contribution in [0.25, 0.3) is 33.1 Å². The number of hydrogen-bond acceptors (Lipinski definition) is 6. The molecule has 6 rings (SSSR count). The monoisotopic (exact) mass is 516 g/mol. The van der Waals surface area contributed by atoms with Gasteiger partial charge in [-0.2, -0.15) is 5.10 Å². The summed E-state index contributed by atoms with van der Waals surface area (Å²) in [6.07, 6.45) is 6.20. The van der Waals surface area contributed by atoms with Crippen LogP contribution in [0.4, 0.5) is 8.78 Å². The van der Waals surface area contributed by atoms with Crippen LogP contribution in [0.2, 0.25) is 0 Å². The zero-order valence-electron chi connectivity index (χ0n) is 20.2. The van der Waals surface area contributed by atoms with Crippen LogP contribution in [-0.2, 0) is 13.6 Å². The van der Waals surface area contributed by atoms with Crippen molar-refractivity contribution in [3.8, 4) is 11.1 Å². The van der Waals surface area contributed by atoms with Crippen LogP contribution in [0.5, 0.6) is 0 Å². The molecule has 0 unspecified atom stereocenters. The summed E-state index contributed by atoms with van der Waals surface area (Å²) in [5.74, 6) is -2.24. The van der Waals surface area contributed by atoms with E-state index < -0.39 is 41.8 Å². The Morgan fingerprint density at radius 1 is 1.11 bits per heavy atom. The molecule has 3 heterocycles. The zero-order valence-corrected chi connectivity index (χ0v) is 20.2. The highest BCUT2D eigenvalue weighted by atomic mass is 19.1. The molecule has 0 saturated heterocycles. The number of carbonyl (C=O) groups excluding carboxylic acids is 1. The van der Waals surface area contributed by atoms with E-state index in [0.29, 0.717) is 29.5 Å². The minimum atomic E-state index is -0.837. The molecule has 0 aliphatic heterocycles. The molecule has 1 fully saturated rings. The topological polar surface area (TPSA) is 115 Å². The van der Waals surface area contributed by atoms with Gasteiger partial charge in [-0.25, -0.2) is 13.8 Å². The van der Waals surface area contributed by atoms with Crippen LogP contribution < -0.4 is 10.9 Å². The molecule has 0 spiro atoms. The Morgan fingerprint density at radius 3 is 2.53 bits per heavy atom. The fourth-order valence-electron chi connectivity index (χ4n) is 4.78. The smallest absolute Gasteiger partial charge is 0.279 e. The predicted molar refractivity (Wildman–Crippen MR) is 135 cm³/mol. The Balaban J connectivity index is 1.40. The number of aliphatic hydroxyl groups excluding tert-OH is 1. The van der Waals surface area contributed by atoms with Gasteiger partial charge in [-0.05, 0) is 42.2 Å². The second kappa shape index (κ2) is 9.10. The van der Waals surface area contributed by atoms with Crippen molar-refractivity contribution < 1.29 is 18.7 Å². The molecular weight excluding hydrogens is 494 g/mol. The number of carbonyl (C=O) groups is 1. The Hall–Kier alpha value is -4.51. The summed E-state index contributed by atoms with van der Waals surface area (Å²) in [7, 11) is 1.77. The molecule has 1 aliphatic rings. The van der Waals surface area contributed by atoms with Gasteiger partial charge in [0, 0.05) is 42.8 Å². The van der Waals surface area contributed by atoms with Gasteiger partial charge in [-0.1, -0.05) is 12.1 Å². The third kappa shape index (κ3) is 4.01. The third-order valence-corrected chi connectivity index (χ3v) is 6.95. The largest absolute Gasteiger partial charge is 0.391 e. The highest BCUT2D eigenvalue weighted by Crippen LogP contribution is 2.31. The van der Waals surface area contributed by atoms with Gasteiger partial charge in [0.25, 0.3) is 11.5 Å². The maximum atomic E-state index is 15.3. The Morgan fingerprint density at radius 2 is 1.84 bits per heavy atom.